The fourth-order valence-electron chi connectivity index (χ4n) is 8.65. The van der Waals surface area contributed by atoms with E-state index in [0.29, 0.717) is 34.2 Å². The number of nitro benzene ring substituents is 1. The number of pyridine rings is 1. The van der Waals surface area contributed by atoms with Gasteiger partial charge in [0.2, 0.25) is 0 Å². The molecule has 4 heterocycles. The summed E-state index contributed by atoms with van der Waals surface area (Å²) in [5.41, 5.74) is 7.72. The van der Waals surface area contributed by atoms with Gasteiger partial charge in [-0.1, -0.05) is 43.2 Å². The maximum absolute atomic E-state index is 14.0. The van der Waals surface area contributed by atoms with Crippen molar-refractivity contribution in [1.82, 2.24) is 24.5 Å². The number of aromatic amines is 1. The zero-order valence-corrected chi connectivity index (χ0v) is 37.2. The Labute approximate surface area is 372 Å². The van der Waals surface area contributed by atoms with E-state index in [1.807, 2.05) is 55.6 Å². The van der Waals surface area contributed by atoms with Gasteiger partial charge in [0.15, 0.2) is 0 Å². The maximum Gasteiger partial charge on any atom is 0.293 e. The third kappa shape index (κ3) is 10.7. The number of ether oxygens (including phenoxy) is 2. The Kier molecular flexibility index (Phi) is 13.7. The van der Waals surface area contributed by atoms with Crippen LogP contribution in [0.25, 0.3) is 16.6 Å². The summed E-state index contributed by atoms with van der Waals surface area (Å²) in [4.78, 5) is 41.2. The van der Waals surface area contributed by atoms with E-state index in [0.717, 1.165) is 124 Å². The van der Waals surface area contributed by atoms with E-state index in [-0.39, 0.29) is 21.9 Å². The van der Waals surface area contributed by atoms with Crippen molar-refractivity contribution in [2.75, 3.05) is 82.3 Å². The molecule has 62 heavy (non-hydrogen) atoms. The number of nitro groups is 1. The van der Waals surface area contributed by atoms with Gasteiger partial charge in [0.1, 0.15) is 22.8 Å². The molecule has 5 aromatic rings. The van der Waals surface area contributed by atoms with Crippen LogP contribution in [-0.2, 0) is 4.74 Å². The van der Waals surface area contributed by atoms with Gasteiger partial charge in [0.25, 0.3) is 11.6 Å². The van der Waals surface area contributed by atoms with Crippen LogP contribution in [0, 0.1) is 22.5 Å². The van der Waals surface area contributed by atoms with Gasteiger partial charge in [-0.3, -0.25) is 29.4 Å². The van der Waals surface area contributed by atoms with Crippen molar-refractivity contribution in [2.24, 2.45) is 5.41 Å². The molecule has 0 saturated carbocycles. The van der Waals surface area contributed by atoms with Crippen LogP contribution in [-0.4, -0.2) is 103 Å². The minimum absolute atomic E-state index is 0.0318. The van der Waals surface area contributed by atoms with E-state index in [4.69, 9.17) is 21.1 Å². The second-order valence-corrected chi connectivity index (χ2v) is 18.5. The first-order chi connectivity index (χ1) is 30.0. The number of allylic oxidation sites excluding steroid dienone is 1. The van der Waals surface area contributed by atoms with Crippen molar-refractivity contribution in [1.29, 1.82) is 0 Å². The summed E-state index contributed by atoms with van der Waals surface area (Å²) in [6, 6.07) is 21.1. The summed E-state index contributed by atoms with van der Waals surface area (Å²) >= 11 is 7.30. The number of nitrogens with one attached hydrogen (secondary N) is 3. The van der Waals surface area contributed by atoms with Crippen molar-refractivity contribution in [3.63, 3.8) is 0 Å². The number of aromatic nitrogens is 2. The van der Waals surface area contributed by atoms with Crippen LogP contribution in [0.2, 0.25) is 5.02 Å². The van der Waals surface area contributed by atoms with Gasteiger partial charge >= 0.3 is 0 Å². The Bertz CT molecular complexity index is 2430. The van der Waals surface area contributed by atoms with E-state index in [9.17, 15) is 14.9 Å². The molecule has 0 radical (unpaired) electrons. The molecule has 2 aliphatic heterocycles. The summed E-state index contributed by atoms with van der Waals surface area (Å²) in [5, 5.41) is 17.2. The molecule has 13 nitrogen and oxygen atoms in total. The highest BCUT2D eigenvalue weighted by molar-refractivity contribution is 7.98. The number of halogens is 1. The smallest absolute Gasteiger partial charge is 0.293 e. The molecule has 15 heteroatoms. The van der Waals surface area contributed by atoms with Crippen LogP contribution in [0.4, 0.5) is 17.1 Å². The molecule has 326 valence electrons. The predicted octanol–water partition coefficient (Wildman–Crippen LogP) is 9.58. The molecule has 0 spiro atoms. The number of carbonyl (C=O) groups is 1. The monoisotopic (exact) mass is 878 g/mol. The zero-order valence-electron chi connectivity index (χ0n) is 35.7. The highest BCUT2D eigenvalue weighted by atomic mass is 35.5. The average molecular weight is 880 g/mol. The minimum Gasteiger partial charge on any atom is -0.455 e. The standard InChI is InChI=1S/C47H55ClN8O5S/c1-32-25-39(28-42(56(58)59)44(32)49-14-4-16-53-21-23-60-24-22-53)62-52-46(57)40-10-9-37(27-43(40)61-38-26-34-12-15-50-45(34)51-30-38)55-19-17-54(18-20-55)31-35-11-13-47(2,3)29-41(35)33-5-7-36(48)8-6-33/h5-10,12,15,25-28,30,49H,4,11,13-14,16-24,29,31H2,1-3H3,(H,50,51)(H,52,57). The summed E-state index contributed by atoms with van der Waals surface area (Å²) in [6.45, 7) is 15.7. The summed E-state index contributed by atoms with van der Waals surface area (Å²) < 4.78 is 14.8. The first kappa shape index (κ1) is 43.5. The number of hydrogen-bond acceptors (Lipinski definition) is 11. The van der Waals surface area contributed by atoms with Gasteiger partial charge in [0.05, 0.1) is 29.9 Å². The van der Waals surface area contributed by atoms with Gasteiger partial charge in [-0.05, 0) is 116 Å². The minimum atomic E-state index is -0.386. The van der Waals surface area contributed by atoms with Gasteiger partial charge in [-0.15, -0.1) is 0 Å². The number of carbonyl (C=O) groups excluding carboxylic acids is 1. The molecule has 8 rings (SSSR count). The second-order valence-electron chi connectivity index (χ2n) is 17.2. The number of aryl methyl sites for hydroxylation is 1. The first-order valence-electron chi connectivity index (χ1n) is 21.5. The molecule has 2 aromatic heterocycles. The van der Waals surface area contributed by atoms with Crippen LogP contribution in [0.1, 0.15) is 61.0 Å². The van der Waals surface area contributed by atoms with E-state index >= 15 is 0 Å². The van der Waals surface area contributed by atoms with Crippen molar-refractivity contribution in [3.8, 4) is 11.5 Å². The van der Waals surface area contributed by atoms with Gasteiger partial charge in [-0.2, -0.15) is 0 Å². The Hall–Kier alpha value is -5.12. The Morgan fingerprint density at radius 3 is 2.58 bits per heavy atom. The molecule has 3 aromatic carbocycles. The number of H-pyrrole nitrogens is 1. The highest BCUT2D eigenvalue weighted by Crippen LogP contribution is 2.43. The summed E-state index contributed by atoms with van der Waals surface area (Å²) in [6.07, 6.45) is 7.63. The lowest BCUT2D eigenvalue weighted by Gasteiger charge is -2.39. The number of rotatable bonds is 15. The molecule has 1 amide bonds. The van der Waals surface area contributed by atoms with Crippen molar-refractivity contribution >= 4 is 63.1 Å². The summed E-state index contributed by atoms with van der Waals surface area (Å²) in [7, 11) is 0. The van der Waals surface area contributed by atoms with Crippen LogP contribution < -0.4 is 19.7 Å². The molecular weight excluding hydrogens is 824 g/mol. The topological polar surface area (TPSA) is 141 Å². The number of piperazine rings is 1. The van der Waals surface area contributed by atoms with E-state index in [1.54, 1.807) is 12.3 Å². The number of fused-ring (bicyclic) bond motifs is 1. The lowest BCUT2D eigenvalue weighted by molar-refractivity contribution is -0.384. The van der Waals surface area contributed by atoms with Crippen LogP contribution in [0.5, 0.6) is 11.5 Å². The van der Waals surface area contributed by atoms with Crippen molar-refractivity contribution in [2.45, 2.75) is 51.3 Å². The number of hydrogen-bond donors (Lipinski definition) is 3. The Balaban J connectivity index is 0.956. The SMILES string of the molecule is Cc1cc(SNC(=O)c2ccc(N3CCN(CC4=C(c5ccc(Cl)cc5)CC(C)(C)CC4)CC3)cc2Oc2cnc3[nH]ccc3c2)cc([N+](=O)[O-])c1NCCCN1CCOCC1. The molecule has 1 aliphatic carbocycles. The molecule has 2 fully saturated rings. The van der Waals surface area contributed by atoms with Crippen LogP contribution in [0.3, 0.4) is 0 Å². The molecule has 0 bridgehead atoms. The predicted molar refractivity (Wildman–Crippen MR) is 249 cm³/mol. The Morgan fingerprint density at radius 2 is 1.81 bits per heavy atom. The average Bonchev–Trinajstić information content (AvgIpc) is 3.74. The van der Waals surface area contributed by atoms with Gasteiger partial charge in [-0.25, -0.2) is 4.98 Å². The van der Waals surface area contributed by atoms with Crippen molar-refractivity contribution in [3.05, 3.63) is 117 Å². The fraction of sp³-hybridized carbons (Fsp3) is 0.404. The Morgan fingerprint density at radius 1 is 1.02 bits per heavy atom. The van der Waals surface area contributed by atoms with E-state index in [2.05, 4.69) is 60.7 Å². The van der Waals surface area contributed by atoms with Crippen LogP contribution >= 0.6 is 23.5 Å². The largest absolute Gasteiger partial charge is 0.455 e. The number of amides is 1. The zero-order chi connectivity index (χ0) is 43.2. The van der Waals surface area contributed by atoms with E-state index < -0.39 is 0 Å². The quantitative estimate of drug-likeness (QED) is 0.0401. The molecular formula is C47H55ClN8O5S. The fourth-order valence-corrected chi connectivity index (χ4v) is 9.50. The number of morpholine rings is 1. The number of nitrogens with zero attached hydrogens (tertiary/aromatic N) is 5. The number of benzene rings is 3. The third-order valence-electron chi connectivity index (χ3n) is 12.1. The van der Waals surface area contributed by atoms with Gasteiger partial charge in [0, 0.05) is 91.7 Å². The van der Waals surface area contributed by atoms with Gasteiger partial charge < -0.3 is 24.7 Å². The third-order valence-corrected chi connectivity index (χ3v) is 13.2. The second kappa shape index (κ2) is 19.5. The maximum atomic E-state index is 14.0. The number of anilines is 2. The lowest BCUT2D eigenvalue weighted by Crippen LogP contribution is -2.47. The van der Waals surface area contributed by atoms with Crippen molar-refractivity contribution < 1.29 is 19.2 Å². The molecule has 3 aliphatic rings. The normalized spacial score (nSPS) is 17.3. The molecule has 0 atom stereocenters. The lowest BCUT2D eigenvalue weighted by atomic mass is 9.72. The van der Waals surface area contributed by atoms with Crippen LogP contribution in [0.15, 0.2) is 89.6 Å². The molecule has 0 unspecified atom stereocenters. The first-order valence-corrected chi connectivity index (χ1v) is 22.7. The molecule has 3 N–H and O–H groups in total. The van der Waals surface area contributed by atoms with E-state index in [1.165, 1.54) is 29.2 Å². The summed E-state index contributed by atoms with van der Waals surface area (Å²) in [5.74, 6) is 0.504. The molecule has 2 saturated heterocycles. The highest BCUT2D eigenvalue weighted by Gasteiger charge is 2.30.